The highest BCUT2D eigenvalue weighted by Gasteiger charge is 2.34. The Morgan fingerprint density at radius 2 is 1.91 bits per heavy atom. The van der Waals surface area contributed by atoms with Crippen LogP contribution >= 0.6 is 11.6 Å². The summed E-state index contributed by atoms with van der Waals surface area (Å²) in [6.45, 7) is 3.12. The molecule has 12 heteroatoms. The van der Waals surface area contributed by atoms with Gasteiger partial charge in [-0.05, 0) is 43.7 Å². The number of carbonyl (C=O) groups is 1. The van der Waals surface area contributed by atoms with Crippen LogP contribution in [0, 0.1) is 24.0 Å². The Labute approximate surface area is 191 Å². The number of benzene rings is 2. The van der Waals surface area contributed by atoms with E-state index < -0.39 is 22.7 Å². The van der Waals surface area contributed by atoms with Crippen molar-refractivity contribution in [1.29, 1.82) is 0 Å². The monoisotopic (exact) mass is 482 g/mol. The van der Waals surface area contributed by atoms with Gasteiger partial charge in [-0.1, -0.05) is 11.6 Å². The van der Waals surface area contributed by atoms with Crippen molar-refractivity contribution in [1.82, 2.24) is 9.78 Å². The number of rotatable bonds is 7. The number of aryl methyl sites for hydroxylation is 3. The van der Waals surface area contributed by atoms with Crippen molar-refractivity contribution in [2.45, 2.75) is 33.0 Å². The smallest absolute Gasteiger partial charge is 0.435 e. The predicted octanol–water partition coefficient (Wildman–Crippen LogP) is 5.90. The standard InChI is InChI=1S/C21H18ClF3N4O4/c1-12-7-16(3-4-18(12)22)33-17-10-14(9-15(11-17)29(31)32)26-20(30)5-6-28-13(2)8-19(27-28)21(23,24)25/h3-4,7-11H,5-6H2,1-2H3,(H,26,30). The first kappa shape index (κ1) is 24.1. The second-order valence-corrected chi connectivity index (χ2v) is 7.58. The van der Waals surface area contributed by atoms with Gasteiger partial charge >= 0.3 is 6.18 Å². The first-order valence-electron chi connectivity index (χ1n) is 9.57. The zero-order valence-corrected chi connectivity index (χ0v) is 18.2. The Balaban J connectivity index is 1.73. The van der Waals surface area contributed by atoms with Crippen LogP contribution in [0.15, 0.2) is 42.5 Å². The number of ether oxygens (including phenoxy) is 1. The molecule has 1 heterocycles. The summed E-state index contributed by atoms with van der Waals surface area (Å²) in [7, 11) is 0. The Hall–Kier alpha value is -3.60. The number of anilines is 1. The minimum Gasteiger partial charge on any atom is -0.457 e. The number of carbonyl (C=O) groups excluding carboxylic acids is 1. The molecular formula is C21H18ClF3N4O4. The molecule has 0 atom stereocenters. The minimum atomic E-state index is -4.58. The third kappa shape index (κ3) is 6.22. The van der Waals surface area contributed by atoms with Crippen LogP contribution in [0.2, 0.25) is 5.02 Å². The average Bonchev–Trinajstić information content (AvgIpc) is 3.10. The zero-order chi connectivity index (χ0) is 24.3. The number of nitrogens with one attached hydrogen (secondary N) is 1. The van der Waals surface area contributed by atoms with Gasteiger partial charge in [-0.15, -0.1) is 0 Å². The molecule has 2 aromatic carbocycles. The lowest BCUT2D eigenvalue weighted by atomic mass is 10.2. The second-order valence-electron chi connectivity index (χ2n) is 7.18. The second kappa shape index (κ2) is 9.49. The van der Waals surface area contributed by atoms with E-state index >= 15 is 0 Å². The summed E-state index contributed by atoms with van der Waals surface area (Å²) in [6, 6.07) is 9.50. The fourth-order valence-corrected chi connectivity index (χ4v) is 3.06. The number of nitrogens with zero attached hydrogens (tertiary/aromatic N) is 3. The fraction of sp³-hybridized carbons (Fsp3) is 0.238. The van der Waals surface area contributed by atoms with E-state index in [0.29, 0.717) is 10.8 Å². The van der Waals surface area contributed by atoms with Crippen molar-refractivity contribution < 1.29 is 27.6 Å². The van der Waals surface area contributed by atoms with E-state index in [2.05, 4.69) is 10.4 Å². The first-order valence-corrected chi connectivity index (χ1v) is 9.95. The molecule has 0 radical (unpaired) electrons. The van der Waals surface area contributed by atoms with Crippen molar-refractivity contribution in [3.63, 3.8) is 0 Å². The SMILES string of the molecule is Cc1cc(Oc2cc(NC(=O)CCn3nc(C(F)(F)F)cc3C)cc([N+](=O)[O-])c2)ccc1Cl. The number of nitro benzene ring substituents is 1. The quantitative estimate of drug-likeness (QED) is 0.334. The molecule has 0 aliphatic heterocycles. The van der Waals surface area contributed by atoms with Crippen molar-refractivity contribution in [2.24, 2.45) is 0 Å². The van der Waals surface area contributed by atoms with Crippen LogP contribution in [0.3, 0.4) is 0 Å². The molecule has 174 valence electrons. The van der Waals surface area contributed by atoms with Gasteiger partial charge in [0.2, 0.25) is 5.91 Å². The number of aromatic nitrogens is 2. The van der Waals surface area contributed by atoms with E-state index in [0.717, 1.165) is 22.4 Å². The van der Waals surface area contributed by atoms with Crippen LogP contribution in [0.25, 0.3) is 0 Å². The van der Waals surface area contributed by atoms with Crippen LogP contribution in [-0.2, 0) is 17.5 Å². The van der Waals surface area contributed by atoms with Crippen molar-refractivity contribution in [3.8, 4) is 11.5 Å². The summed E-state index contributed by atoms with van der Waals surface area (Å²) >= 11 is 5.99. The first-order chi connectivity index (χ1) is 15.4. The summed E-state index contributed by atoms with van der Waals surface area (Å²) in [4.78, 5) is 23.0. The van der Waals surface area contributed by atoms with Crippen LogP contribution in [-0.4, -0.2) is 20.6 Å². The van der Waals surface area contributed by atoms with E-state index in [9.17, 15) is 28.1 Å². The lowest BCUT2D eigenvalue weighted by Gasteiger charge is -2.11. The number of amides is 1. The normalized spacial score (nSPS) is 11.3. The lowest BCUT2D eigenvalue weighted by molar-refractivity contribution is -0.384. The van der Waals surface area contributed by atoms with E-state index in [1.807, 2.05) is 0 Å². The molecule has 1 N–H and O–H groups in total. The van der Waals surface area contributed by atoms with Crippen LogP contribution in [0.5, 0.6) is 11.5 Å². The molecule has 8 nitrogen and oxygen atoms in total. The number of alkyl halides is 3. The Morgan fingerprint density at radius 1 is 1.18 bits per heavy atom. The van der Waals surface area contributed by atoms with Gasteiger partial charge in [-0.25, -0.2) is 0 Å². The topological polar surface area (TPSA) is 99.3 Å². The van der Waals surface area contributed by atoms with Gasteiger partial charge in [0.25, 0.3) is 5.69 Å². The predicted molar refractivity (Wildman–Crippen MR) is 115 cm³/mol. The third-order valence-electron chi connectivity index (χ3n) is 4.57. The summed E-state index contributed by atoms with van der Waals surface area (Å²) in [5.41, 5.74) is -0.261. The van der Waals surface area contributed by atoms with E-state index in [4.69, 9.17) is 16.3 Å². The molecule has 0 aliphatic rings. The molecular weight excluding hydrogens is 465 g/mol. The maximum absolute atomic E-state index is 12.8. The number of nitro groups is 1. The van der Waals surface area contributed by atoms with Gasteiger partial charge in [-0.3, -0.25) is 19.6 Å². The summed E-state index contributed by atoms with van der Waals surface area (Å²) in [5, 5.41) is 17.8. The van der Waals surface area contributed by atoms with Gasteiger partial charge in [0.05, 0.1) is 16.7 Å². The Kier molecular flexibility index (Phi) is 6.92. The van der Waals surface area contributed by atoms with E-state index in [-0.39, 0.29) is 35.8 Å². The molecule has 33 heavy (non-hydrogen) atoms. The molecule has 3 aromatic rings. The number of halogens is 4. The molecule has 0 fully saturated rings. The Bertz CT molecular complexity index is 1210. The lowest BCUT2D eigenvalue weighted by Crippen LogP contribution is -2.16. The fourth-order valence-electron chi connectivity index (χ4n) is 2.94. The summed E-state index contributed by atoms with van der Waals surface area (Å²) < 4.78 is 45.1. The van der Waals surface area contributed by atoms with Crippen molar-refractivity contribution in [3.05, 3.63) is 74.6 Å². The average molecular weight is 483 g/mol. The maximum Gasteiger partial charge on any atom is 0.435 e. The van der Waals surface area contributed by atoms with Gasteiger partial charge in [0, 0.05) is 35.8 Å². The van der Waals surface area contributed by atoms with Gasteiger partial charge in [0.15, 0.2) is 5.69 Å². The highest BCUT2D eigenvalue weighted by molar-refractivity contribution is 6.31. The third-order valence-corrected chi connectivity index (χ3v) is 5.00. The number of hydrogen-bond acceptors (Lipinski definition) is 5. The minimum absolute atomic E-state index is 0.100. The molecule has 0 spiro atoms. The molecule has 0 saturated carbocycles. The molecule has 3 rings (SSSR count). The van der Waals surface area contributed by atoms with Crippen molar-refractivity contribution >= 4 is 28.9 Å². The highest BCUT2D eigenvalue weighted by Crippen LogP contribution is 2.32. The molecule has 0 saturated heterocycles. The van der Waals surface area contributed by atoms with E-state index in [1.54, 1.807) is 25.1 Å². The number of non-ortho nitro benzene ring substituents is 1. The highest BCUT2D eigenvalue weighted by atomic mass is 35.5. The summed E-state index contributed by atoms with van der Waals surface area (Å²) in [5.74, 6) is -0.0597. The van der Waals surface area contributed by atoms with Crippen LogP contribution < -0.4 is 10.1 Å². The molecule has 1 amide bonds. The van der Waals surface area contributed by atoms with Crippen molar-refractivity contribution in [2.75, 3.05) is 5.32 Å². The maximum atomic E-state index is 12.8. The summed E-state index contributed by atoms with van der Waals surface area (Å²) in [6.07, 6.45) is -4.78. The zero-order valence-electron chi connectivity index (χ0n) is 17.4. The molecule has 0 bridgehead atoms. The van der Waals surface area contributed by atoms with Crippen LogP contribution in [0.4, 0.5) is 24.5 Å². The molecule has 0 unspecified atom stereocenters. The van der Waals surface area contributed by atoms with Crippen LogP contribution in [0.1, 0.15) is 23.4 Å². The Morgan fingerprint density at radius 3 is 2.52 bits per heavy atom. The van der Waals surface area contributed by atoms with Gasteiger partial charge < -0.3 is 10.1 Å². The molecule has 0 aliphatic carbocycles. The van der Waals surface area contributed by atoms with Gasteiger partial charge in [-0.2, -0.15) is 18.3 Å². The number of hydrogen-bond donors (Lipinski definition) is 1. The molecule has 1 aromatic heterocycles. The van der Waals surface area contributed by atoms with Gasteiger partial charge in [0.1, 0.15) is 11.5 Å². The van der Waals surface area contributed by atoms with E-state index in [1.165, 1.54) is 19.1 Å². The largest absolute Gasteiger partial charge is 0.457 e.